The minimum absolute atomic E-state index is 0.00922. The first-order valence-electron chi connectivity index (χ1n) is 8.21. The van der Waals surface area contributed by atoms with Gasteiger partial charge in [0, 0.05) is 4.47 Å². The van der Waals surface area contributed by atoms with Crippen LogP contribution in [0.25, 0.3) is 0 Å². The SMILES string of the molecule is COc1ccc(C2CC(c3cccc(Br)c3)Nc3nnnn32)cc1OC. The van der Waals surface area contributed by atoms with E-state index in [9.17, 15) is 0 Å². The number of tetrazole rings is 1. The van der Waals surface area contributed by atoms with Crippen molar-refractivity contribution in [2.75, 3.05) is 19.5 Å². The van der Waals surface area contributed by atoms with Gasteiger partial charge in [-0.2, -0.15) is 0 Å². The van der Waals surface area contributed by atoms with Crippen LogP contribution >= 0.6 is 15.9 Å². The average Bonchev–Trinajstić information content (AvgIpc) is 3.15. The maximum absolute atomic E-state index is 5.46. The van der Waals surface area contributed by atoms with E-state index in [-0.39, 0.29) is 12.1 Å². The van der Waals surface area contributed by atoms with E-state index in [1.54, 1.807) is 14.2 Å². The van der Waals surface area contributed by atoms with Crippen LogP contribution in [0.3, 0.4) is 0 Å². The lowest BCUT2D eigenvalue weighted by molar-refractivity contribution is 0.352. The number of halogens is 1. The van der Waals surface area contributed by atoms with Gasteiger partial charge in [0.2, 0.25) is 5.95 Å². The van der Waals surface area contributed by atoms with Crippen molar-refractivity contribution in [2.24, 2.45) is 0 Å². The highest BCUT2D eigenvalue weighted by atomic mass is 79.9. The average molecular weight is 416 g/mol. The van der Waals surface area contributed by atoms with Gasteiger partial charge in [-0.05, 0) is 52.2 Å². The predicted octanol–water partition coefficient (Wildman–Crippen LogP) is 3.60. The fraction of sp³-hybridized carbons (Fsp3) is 0.278. The first-order valence-corrected chi connectivity index (χ1v) is 9.00. The van der Waals surface area contributed by atoms with Crippen LogP contribution < -0.4 is 14.8 Å². The van der Waals surface area contributed by atoms with E-state index >= 15 is 0 Å². The van der Waals surface area contributed by atoms with E-state index in [1.165, 1.54) is 5.56 Å². The van der Waals surface area contributed by atoms with Crippen molar-refractivity contribution in [1.82, 2.24) is 20.2 Å². The highest BCUT2D eigenvalue weighted by Gasteiger charge is 2.31. The Balaban J connectivity index is 1.74. The number of hydrogen-bond acceptors (Lipinski definition) is 6. The molecule has 0 amide bonds. The summed E-state index contributed by atoms with van der Waals surface area (Å²) in [6.07, 6.45) is 0.810. The summed E-state index contributed by atoms with van der Waals surface area (Å²) >= 11 is 3.54. The standard InChI is InChI=1S/C18H18BrN5O2/c1-25-16-7-6-12(9-17(16)26-2)15-10-14(11-4-3-5-13(19)8-11)20-18-21-22-23-24(15)18/h3-9,14-15H,10H2,1-2H3,(H,20,21,23). The second kappa shape index (κ2) is 6.95. The van der Waals surface area contributed by atoms with Gasteiger partial charge in [0.25, 0.3) is 0 Å². The third-order valence-electron chi connectivity index (χ3n) is 4.59. The van der Waals surface area contributed by atoms with E-state index in [4.69, 9.17) is 9.47 Å². The Morgan fingerprint density at radius 1 is 1.08 bits per heavy atom. The van der Waals surface area contributed by atoms with Gasteiger partial charge in [0.05, 0.1) is 26.3 Å². The number of methoxy groups -OCH3 is 2. The minimum atomic E-state index is -0.00922. The third-order valence-corrected chi connectivity index (χ3v) is 5.09. The number of hydrogen-bond donors (Lipinski definition) is 1. The van der Waals surface area contributed by atoms with Crippen molar-refractivity contribution < 1.29 is 9.47 Å². The van der Waals surface area contributed by atoms with Crippen LogP contribution in [0.1, 0.15) is 29.6 Å². The largest absolute Gasteiger partial charge is 0.493 e. The summed E-state index contributed by atoms with van der Waals surface area (Å²) in [7, 11) is 3.27. The van der Waals surface area contributed by atoms with Gasteiger partial charge >= 0.3 is 0 Å². The van der Waals surface area contributed by atoms with Crippen molar-refractivity contribution in [3.05, 3.63) is 58.1 Å². The number of anilines is 1. The van der Waals surface area contributed by atoms with Crippen LogP contribution in [0, 0.1) is 0 Å². The molecule has 3 aromatic rings. The molecule has 8 heteroatoms. The van der Waals surface area contributed by atoms with Crippen LogP contribution in [0.2, 0.25) is 0 Å². The van der Waals surface area contributed by atoms with Crippen LogP contribution in [0.15, 0.2) is 46.9 Å². The number of fused-ring (bicyclic) bond motifs is 1. The van der Waals surface area contributed by atoms with Crippen LogP contribution in [0.4, 0.5) is 5.95 Å². The first-order chi connectivity index (χ1) is 12.7. The Kier molecular flexibility index (Phi) is 4.50. The molecule has 1 N–H and O–H groups in total. The van der Waals surface area contributed by atoms with Gasteiger partial charge in [-0.25, -0.2) is 4.68 Å². The Morgan fingerprint density at radius 3 is 2.69 bits per heavy atom. The predicted molar refractivity (Wildman–Crippen MR) is 101 cm³/mol. The first kappa shape index (κ1) is 16.8. The second-order valence-corrected chi connectivity index (χ2v) is 6.98. The number of nitrogens with zero attached hydrogens (tertiary/aromatic N) is 4. The van der Waals surface area contributed by atoms with E-state index in [2.05, 4.69) is 48.9 Å². The van der Waals surface area contributed by atoms with E-state index in [0.29, 0.717) is 17.4 Å². The van der Waals surface area contributed by atoms with Gasteiger partial charge < -0.3 is 14.8 Å². The summed E-state index contributed by atoms with van der Waals surface area (Å²) in [4.78, 5) is 0. The van der Waals surface area contributed by atoms with Gasteiger partial charge in [0.15, 0.2) is 11.5 Å². The van der Waals surface area contributed by atoms with Crippen molar-refractivity contribution in [3.63, 3.8) is 0 Å². The fourth-order valence-electron chi connectivity index (χ4n) is 3.32. The van der Waals surface area contributed by atoms with Gasteiger partial charge in [-0.15, -0.1) is 0 Å². The molecule has 0 saturated heterocycles. The quantitative estimate of drug-likeness (QED) is 0.701. The monoisotopic (exact) mass is 415 g/mol. The van der Waals surface area contributed by atoms with Crippen molar-refractivity contribution >= 4 is 21.9 Å². The van der Waals surface area contributed by atoms with E-state index in [1.807, 2.05) is 35.0 Å². The molecule has 4 rings (SSSR count). The molecule has 1 aliphatic heterocycles. The third kappa shape index (κ3) is 3.01. The smallest absolute Gasteiger partial charge is 0.243 e. The highest BCUT2D eigenvalue weighted by Crippen LogP contribution is 2.39. The molecule has 0 fully saturated rings. The zero-order chi connectivity index (χ0) is 18.1. The zero-order valence-corrected chi connectivity index (χ0v) is 16.0. The molecule has 0 spiro atoms. The van der Waals surface area contributed by atoms with Gasteiger partial charge in [0.1, 0.15) is 0 Å². The lowest BCUT2D eigenvalue weighted by Crippen LogP contribution is -2.28. The number of nitrogens with one attached hydrogen (secondary N) is 1. The number of aromatic nitrogens is 4. The van der Waals surface area contributed by atoms with E-state index < -0.39 is 0 Å². The molecule has 134 valence electrons. The summed E-state index contributed by atoms with van der Waals surface area (Å²) < 4.78 is 13.7. The lowest BCUT2D eigenvalue weighted by atomic mass is 9.93. The van der Waals surface area contributed by atoms with Crippen molar-refractivity contribution in [2.45, 2.75) is 18.5 Å². The molecule has 1 aliphatic rings. The molecule has 2 aromatic carbocycles. The number of ether oxygens (including phenoxy) is 2. The van der Waals surface area contributed by atoms with Crippen molar-refractivity contribution in [1.29, 1.82) is 0 Å². The molecule has 0 radical (unpaired) electrons. The normalized spacial score (nSPS) is 18.7. The number of rotatable bonds is 4. The molecule has 2 unspecified atom stereocenters. The molecule has 7 nitrogen and oxygen atoms in total. The van der Waals surface area contributed by atoms with Crippen LogP contribution in [-0.2, 0) is 0 Å². The molecule has 2 heterocycles. The molecule has 1 aromatic heterocycles. The molecule has 2 atom stereocenters. The summed E-state index contributed by atoms with van der Waals surface area (Å²) in [5.41, 5.74) is 2.25. The van der Waals surface area contributed by atoms with Crippen LogP contribution in [0.5, 0.6) is 11.5 Å². The minimum Gasteiger partial charge on any atom is -0.493 e. The maximum Gasteiger partial charge on any atom is 0.243 e. The summed E-state index contributed by atoms with van der Waals surface area (Å²) in [6.45, 7) is 0. The molecule has 0 bridgehead atoms. The second-order valence-electron chi connectivity index (χ2n) is 6.06. The summed E-state index contributed by atoms with van der Waals surface area (Å²) in [6, 6.07) is 14.3. The highest BCUT2D eigenvalue weighted by molar-refractivity contribution is 9.10. The Labute approximate surface area is 159 Å². The van der Waals surface area contributed by atoms with Gasteiger partial charge in [-0.1, -0.05) is 39.2 Å². The Bertz CT molecular complexity index is 929. The van der Waals surface area contributed by atoms with Crippen LogP contribution in [-0.4, -0.2) is 34.4 Å². The Hall–Kier alpha value is -2.61. The molecular weight excluding hydrogens is 398 g/mol. The van der Waals surface area contributed by atoms with E-state index in [0.717, 1.165) is 16.5 Å². The van der Waals surface area contributed by atoms with Gasteiger partial charge in [-0.3, -0.25) is 0 Å². The maximum atomic E-state index is 5.46. The number of benzene rings is 2. The summed E-state index contributed by atoms with van der Waals surface area (Å²) in [5.74, 6) is 2.05. The molecular formula is C18H18BrN5O2. The zero-order valence-electron chi connectivity index (χ0n) is 14.4. The summed E-state index contributed by atoms with van der Waals surface area (Å²) in [5, 5.41) is 15.6. The van der Waals surface area contributed by atoms with Crippen molar-refractivity contribution in [3.8, 4) is 11.5 Å². The fourth-order valence-corrected chi connectivity index (χ4v) is 3.73. The molecule has 26 heavy (non-hydrogen) atoms. The lowest BCUT2D eigenvalue weighted by Gasteiger charge is -2.31. The Morgan fingerprint density at radius 2 is 1.92 bits per heavy atom. The topological polar surface area (TPSA) is 74.1 Å². The molecule has 0 saturated carbocycles. The molecule has 0 aliphatic carbocycles.